The van der Waals surface area contributed by atoms with Crippen molar-refractivity contribution in [2.45, 2.75) is 19.3 Å². The summed E-state index contributed by atoms with van der Waals surface area (Å²) in [6.45, 7) is 0.281. The van der Waals surface area contributed by atoms with E-state index < -0.39 is 11.8 Å². The topological polar surface area (TPSA) is 75.6 Å². The third-order valence-electron chi connectivity index (χ3n) is 2.48. The summed E-state index contributed by atoms with van der Waals surface area (Å²) in [5.74, 6) is -1.19. The fourth-order valence-corrected chi connectivity index (χ4v) is 1.59. The Morgan fingerprint density at radius 1 is 1.42 bits per heavy atom. The van der Waals surface area contributed by atoms with Crippen molar-refractivity contribution in [3.63, 3.8) is 0 Å². The monoisotopic (exact) mass is 269 g/mol. The van der Waals surface area contributed by atoms with E-state index in [2.05, 4.69) is 5.32 Å². The van der Waals surface area contributed by atoms with Gasteiger partial charge in [-0.3, -0.25) is 9.59 Å². The quantitative estimate of drug-likeness (QED) is 0.733. The lowest BCUT2D eigenvalue weighted by Gasteiger charge is -2.09. The Labute approximate surface area is 110 Å². The van der Waals surface area contributed by atoms with E-state index in [1.54, 1.807) is 0 Å². The number of methoxy groups -OCH3 is 1. The minimum absolute atomic E-state index is 0.00354. The van der Waals surface area contributed by atoms with Crippen LogP contribution in [-0.2, 0) is 16.0 Å². The summed E-state index contributed by atoms with van der Waals surface area (Å²) < 4.78 is 18.1. The van der Waals surface area contributed by atoms with Crippen molar-refractivity contribution in [3.05, 3.63) is 29.6 Å². The molecule has 1 aromatic rings. The number of carbonyl (C=O) groups is 2. The van der Waals surface area contributed by atoms with Crippen LogP contribution in [0, 0.1) is 5.82 Å². The average Bonchev–Trinajstić information content (AvgIpc) is 2.35. The maximum Gasteiger partial charge on any atom is 0.303 e. The van der Waals surface area contributed by atoms with Gasteiger partial charge in [-0.15, -0.1) is 0 Å². The number of carbonyl (C=O) groups excluding carboxylic acids is 1. The zero-order valence-electron chi connectivity index (χ0n) is 10.6. The summed E-state index contributed by atoms with van der Waals surface area (Å²) >= 11 is 0. The Morgan fingerprint density at radius 2 is 2.16 bits per heavy atom. The van der Waals surface area contributed by atoms with Crippen molar-refractivity contribution in [2.75, 3.05) is 13.7 Å². The first-order valence-corrected chi connectivity index (χ1v) is 5.84. The van der Waals surface area contributed by atoms with Crippen LogP contribution in [0.3, 0.4) is 0 Å². The maximum absolute atomic E-state index is 13.1. The molecule has 0 aliphatic carbocycles. The molecule has 19 heavy (non-hydrogen) atoms. The normalized spacial score (nSPS) is 10.0. The SMILES string of the molecule is COc1ccc(F)cc1CC(=O)NCCCC(=O)O. The van der Waals surface area contributed by atoms with Gasteiger partial charge in [-0.25, -0.2) is 4.39 Å². The fourth-order valence-electron chi connectivity index (χ4n) is 1.59. The summed E-state index contributed by atoms with van der Waals surface area (Å²) in [4.78, 5) is 21.9. The van der Waals surface area contributed by atoms with E-state index in [0.29, 0.717) is 17.7 Å². The van der Waals surface area contributed by atoms with E-state index in [4.69, 9.17) is 9.84 Å². The number of aliphatic carboxylic acids is 1. The lowest BCUT2D eigenvalue weighted by atomic mass is 10.1. The lowest BCUT2D eigenvalue weighted by molar-refractivity contribution is -0.137. The zero-order chi connectivity index (χ0) is 14.3. The molecular weight excluding hydrogens is 253 g/mol. The van der Waals surface area contributed by atoms with Gasteiger partial charge in [0.25, 0.3) is 0 Å². The predicted molar refractivity (Wildman–Crippen MR) is 66.5 cm³/mol. The molecule has 0 heterocycles. The molecule has 6 heteroatoms. The van der Waals surface area contributed by atoms with Crippen molar-refractivity contribution in [3.8, 4) is 5.75 Å². The van der Waals surface area contributed by atoms with Gasteiger partial charge in [0, 0.05) is 18.5 Å². The molecular formula is C13H16FNO4. The zero-order valence-corrected chi connectivity index (χ0v) is 10.6. The second-order valence-electron chi connectivity index (χ2n) is 3.98. The van der Waals surface area contributed by atoms with E-state index >= 15 is 0 Å². The van der Waals surface area contributed by atoms with Crippen LogP contribution in [0.1, 0.15) is 18.4 Å². The number of carboxylic acids is 1. The molecule has 0 spiro atoms. The number of amides is 1. The minimum atomic E-state index is -0.902. The van der Waals surface area contributed by atoms with Crippen LogP contribution < -0.4 is 10.1 Å². The lowest BCUT2D eigenvalue weighted by Crippen LogP contribution is -2.26. The Morgan fingerprint density at radius 3 is 2.79 bits per heavy atom. The largest absolute Gasteiger partial charge is 0.496 e. The van der Waals surface area contributed by atoms with Crippen LogP contribution in [-0.4, -0.2) is 30.6 Å². The number of ether oxygens (including phenoxy) is 1. The standard InChI is InChI=1S/C13H16FNO4/c1-19-11-5-4-10(14)7-9(11)8-12(16)15-6-2-3-13(17)18/h4-5,7H,2-3,6,8H2,1H3,(H,15,16)(H,17,18). The van der Waals surface area contributed by atoms with E-state index in [-0.39, 0.29) is 25.3 Å². The first-order valence-electron chi connectivity index (χ1n) is 5.84. The highest BCUT2D eigenvalue weighted by molar-refractivity contribution is 5.79. The number of halogens is 1. The second-order valence-corrected chi connectivity index (χ2v) is 3.98. The molecule has 0 atom stereocenters. The van der Waals surface area contributed by atoms with Gasteiger partial charge in [0.05, 0.1) is 13.5 Å². The van der Waals surface area contributed by atoms with Gasteiger partial charge in [-0.1, -0.05) is 0 Å². The molecule has 0 aliphatic rings. The number of nitrogens with one attached hydrogen (secondary N) is 1. The summed E-state index contributed by atoms with van der Waals surface area (Å²) in [6.07, 6.45) is 0.360. The molecule has 0 saturated heterocycles. The Balaban J connectivity index is 2.47. The third kappa shape index (κ3) is 5.37. The highest BCUT2D eigenvalue weighted by Gasteiger charge is 2.09. The van der Waals surface area contributed by atoms with E-state index in [9.17, 15) is 14.0 Å². The molecule has 104 valence electrons. The molecule has 0 unspecified atom stereocenters. The van der Waals surface area contributed by atoms with E-state index in [0.717, 1.165) is 0 Å². The molecule has 0 aromatic heterocycles. The molecule has 0 radical (unpaired) electrons. The van der Waals surface area contributed by atoms with Gasteiger partial charge in [-0.2, -0.15) is 0 Å². The Kier molecular flexibility index (Phi) is 5.78. The van der Waals surface area contributed by atoms with E-state index in [1.165, 1.54) is 25.3 Å². The summed E-state index contributed by atoms with van der Waals surface area (Å²) in [7, 11) is 1.45. The molecule has 1 aromatic carbocycles. The number of carboxylic acid groups (broad SMARTS) is 1. The van der Waals surface area contributed by atoms with Gasteiger partial charge in [0.15, 0.2) is 0 Å². The molecule has 0 fully saturated rings. The van der Waals surface area contributed by atoms with Gasteiger partial charge < -0.3 is 15.2 Å². The number of benzene rings is 1. The molecule has 1 rings (SSSR count). The van der Waals surface area contributed by atoms with E-state index in [1.807, 2.05) is 0 Å². The van der Waals surface area contributed by atoms with Crippen LogP contribution >= 0.6 is 0 Å². The molecule has 0 saturated carbocycles. The van der Waals surface area contributed by atoms with Crippen molar-refractivity contribution in [1.82, 2.24) is 5.32 Å². The van der Waals surface area contributed by atoms with Crippen molar-refractivity contribution in [1.29, 1.82) is 0 Å². The van der Waals surface area contributed by atoms with Crippen LogP contribution in [0.25, 0.3) is 0 Å². The Hall–Kier alpha value is -2.11. The summed E-state index contributed by atoms with van der Waals surface area (Å²) in [6, 6.07) is 3.96. The highest BCUT2D eigenvalue weighted by atomic mass is 19.1. The van der Waals surface area contributed by atoms with Gasteiger partial charge >= 0.3 is 5.97 Å². The van der Waals surface area contributed by atoms with Gasteiger partial charge in [-0.05, 0) is 24.6 Å². The molecule has 0 aliphatic heterocycles. The van der Waals surface area contributed by atoms with Crippen molar-refractivity contribution < 1.29 is 23.8 Å². The van der Waals surface area contributed by atoms with Crippen LogP contribution in [0.2, 0.25) is 0 Å². The average molecular weight is 269 g/mol. The second kappa shape index (κ2) is 7.35. The fraction of sp³-hybridized carbons (Fsp3) is 0.385. The van der Waals surface area contributed by atoms with Crippen LogP contribution in [0.4, 0.5) is 4.39 Å². The highest BCUT2D eigenvalue weighted by Crippen LogP contribution is 2.19. The minimum Gasteiger partial charge on any atom is -0.496 e. The number of hydrogen-bond donors (Lipinski definition) is 2. The first kappa shape index (κ1) is 14.9. The summed E-state index contributed by atoms with van der Waals surface area (Å²) in [5, 5.41) is 11.0. The van der Waals surface area contributed by atoms with Gasteiger partial charge in [0.1, 0.15) is 11.6 Å². The summed E-state index contributed by atoms with van der Waals surface area (Å²) in [5.41, 5.74) is 0.457. The molecule has 5 nitrogen and oxygen atoms in total. The maximum atomic E-state index is 13.1. The number of rotatable bonds is 7. The Bertz CT molecular complexity index is 462. The van der Waals surface area contributed by atoms with Gasteiger partial charge in [0.2, 0.25) is 5.91 Å². The first-order chi connectivity index (χ1) is 9.02. The van der Waals surface area contributed by atoms with Crippen molar-refractivity contribution >= 4 is 11.9 Å². The molecule has 2 N–H and O–H groups in total. The smallest absolute Gasteiger partial charge is 0.303 e. The molecule has 1 amide bonds. The molecule has 0 bridgehead atoms. The number of hydrogen-bond acceptors (Lipinski definition) is 3. The van der Waals surface area contributed by atoms with Crippen molar-refractivity contribution in [2.24, 2.45) is 0 Å². The van der Waals surface area contributed by atoms with Crippen LogP contribution in [0.15, 0.2) is 18.2 Å². The third-order valence-corrected chi connectivity index (χ3v) is 2.48. The van der Waals surface area contributed by atoms with Crippen LogP contribution in [0.5, 0.6) is 5.75 Å². The predicted octanol–water partition coefficient (Wildman–Crippen LogP) is 1.36.